The maximum Gasteiger partial charge on any atom is 0.0630 e. The molecule has 1 heterocycles. The maximum absolute atomic E-state index is 4.82. The van der Waals surface area contributed by atoms with Crippen LogP contribution >= 0.6 is 0 Å². The van der Waals surface area contributed by atoms with E-state index in [-0.39, 0.29) is 0 Å². The summed E-state index contributed by atoms with van der Waals surface area (Å²) in [6.07, 6.45) is 9.81. The van der Waals surface area contributed by atoms with Gasteiger partial charge in [0.05, 0.1) is 11.7 Å². The van der Waals surface area contributed by atoms with Gasteiger partial charge in [-0.1, -0.05) is 33.6 Å². The quantitative estimate of drug-likeness (QED) is 0.815. The molecule has 3 heteroatoms. The second-order valence-corrected chi connectivity index (χ2v) is 6.35. The van der Waals surface area contributed by atoms with Gasteiger partial charge in [-0.05, 0) is 43.7 Å². The van der Waals surface area contributed by atoms with Crippen molar-refractivity contribution in [2.75, 3.05) is 13.1 Å². The van der Waals surface area contributed by atoms with E-state index < -0.39 is 0 Å². The van der Waals surface area contributed by atoms with Crippen LogP contribution in [0.5, 0.6) is 0 Å². The zero-order chi connectivity index (χ0) is 13.7. The Morgan fingerprint density at radius 2 is 2.11 bits per heavy atom. The Balaban J connectivity index is 1.97. The standard InChI is InChI=1S/C16H29N3/c1-4-16(3,13-17-5-2)12-14-10-11-19(18-14)15-8-6-7-9-15/h10-11,15,17H,4-9,12-13H2,1-3H3. The lowest BCUT2D eigenvalue weighted by molar-refractivity contribution is 0.288. The molecule has 0 aromatic carbocycles. The van der Waals surface area contributed by atoms with Gasteiger partial charge in [0.1, 0.15) is 0 Å². The Morgan fingerprint density at radius 1 is 1.37 bits per heavy atom. The van der Waals surface area contributed by atoms with Gasteiger partial charge < -0.3 is 5.32 Å². The van der Waals surface area contributed by atoms with Crippen molar-refractivity contribution in [1.82, 2.24) is 15.1 Å². The van der Waals surface area contributed by atoms with Gasteiger partial charge >= 0.3 is 0 Å². The fourth-order valence-corrected chi connectivity index (χ4v) is 3.02. The molecule has 1 fully saturated rings. The summed E-state index contributed by atoms with van der Waals surface area (Å²) >= 11 is 0. The van der Waals surface area contributed by atoms with Crippen molar-refractivity contribution >= 4 is 0 Å². The van der Waals surface area contributed by atoms with Crippen LogP contribution in [0.15, 0.2) is 12.3 Å². The second kappa shape index (κ2) is 6.56. The van der Waals surface area contributed by atoms with Gasteiger partial charge in [0.2, 0.25) is 0 Å². The highest BCUT2D eigenvalue weighted by Crippen LogP contribution is 2.30. The van der Waals surface area contributed by atoms with Crippen LogP contribution in [0.1, 0.15) is 64.6 Å². The summed E-state index contributed by atoms with van der Waals surface area (Å²) in [7, 11) is 0. The molecule has 0 aliphatic heterocycles. The zero-order valence-electron chi connectivity index (χ0n) is 12.8. The lowest BCUT2D eigenvalue weighted by Gasteiger charge is -2.27. The zero-order valence-corrected chi connectivity index (χ0v) is 12.8. The Bertz CT molecular complexity index is 379. The predicted octanol–water partition coefficient (Wildman–Crippen LogP) is 3.57. The first-order valence-corrected chi connectivity index (χ1v) is 7.91. The number of nitrogens with one attached hydrogen (secondary N) is 1. The van der Waals surface area contributed by atoms with Gasteiger partial charge in [-0.15, -0.1) is 0 Å². The molecular weight excluding hydrogens is 234 g/mol. The molecule has 19 heavy (non-hydrogen) atoms. The van der Waals surface area contributed by atoms with Gasteiger partial charge in [0.25, 0.3) is 0 Å². The first-order valence-electron chi connectivity index (χ1n) is 7.91. The molecule has 0 radical (unpaired) electrons. The summed E-state index contributed by atoms with van der Waals surface area (Å²) in [4.78, 5) is 0. The topological polar surface area (TPSA) is 29.9 Å². The van der Waals surface area contributed by atoms with E-state index in [9.17, 15) is 0 Å². The van der Waals surface area contributed by atoms with Crippen molar-refractivity contribution in [3.8, 4) is 0 Å². The Morgan fingerprint density at radius 3 is 2.74 bits per heavy atom. The number of aromatic nitrogens is 2. The van der Waals surface area contributed by atoms with Crippen LogP contribution in [0.3, 0.4) is 0 Å². The summed E-state index contributed by atoms with van der Waals surface area (Å²) in [6.45, 7) is 8.95. The molecule has 1 N–H and O–H groups in total. The summed E-state index contributed by atoms with van der Waals surface area (Å²) in [6, 6.07) is 2.88. The fraction of sp³-hybridized carbons (Fsp3) is 0.812. The highest BCUT2D eigenvalue weighted by molar-refractivity contribution is 5.04. The van der Waals surface area contributed by atoms with Crippen LogP contribution in [-0.2, 0) is 6.42 Å². The molecule has 0 bridgehead atoms. The van der Waals surface area contributed by atoms with Crippen LogP contribution in [-0.4, -0.2) is 22.9 Å². The van der Waals surface area contributed by atoms with Gasteiger partial charge in [-0.3, -0.25) is 4.68 Å². The van der Waals surface area contributed by atoms with Crippen LogP contribution in [0.4, 0.5) is 0 Å². The minimum absolute atomic E-state index is 0.324. The minimum Gasteiger partial charge on any atom is -0.316 e. The van der Waals surface area contributed by atoms with Gasteiger partial charge in [0.15, 0.2) is 0 Å². The van der Waals surface area contributed by atoms with E-state index in [1.807, 2.05) is 0 Å². The van der Waals surface area contributed by atoms with Crippen LogP contribution in [0, 0.1) is 5.41 Å². The normalized spacial score (nSPS) is 19.7. The molecule has 2 rings (SSSR count). The summed E-state index contributed by atoms with van der Waals surface area (Å²) in [5.74, 6) is 0. The van der Waals surface area contributed by atoms with Crippen LogP contribution in [0.2, 0.25) is 0 Å². The van der Waals surface area contributed by atoms with Crippen molar-refractivity contribution in [2.45, 2.75) is 65.3 Å². The van der Waals surface area contributed by atoms with Crippen molar-refractivity contribution in [2.24, 2.45) is 5.41 Å². The molecule has 1 aromatic rings. The molecule has 0 saturated heterocycles. The van der Waals surface area contributed by atoms with E-state index in [1.54, 1.807) is 0 Å². The first kappa shape index (κ1) is 14.6. The van der Waals surface area contributed by atoms with E-state index in [0.29, 0.717) is 11.5 Å². The van der Waals surface area contributed by atoms with E-state index in [1.165, 1.54) is 37.8 Å². The van der Waals surface area contributed by atoms with E-state index in [4.69, 9.17) is 5.10 Å². The maximum atomic E-state index is 4.82. The smallest absolute Gasteiger partial charge is 0.0630 e. The van der Waals surface area contributed by atoms with Gasteiger partial charge in [-0.2, -0.15) is 5.10 Å². The molecular formula is C16H29N3. The number of hydrogen-bond acceptors (Lipinski definition) is 2. The van der Waals surface area contributed by atoms with E-state index >= 15 is 0 Å². The second-order valence-electron chi connectivity index (χ2n) is 6.35. The van der Waals surface area contributed by atoms with Crippen molar-refractivity contribution in [3.05, 3.63) is 18.0 Å². The van der Waals surface area contributed by atoms with Crippen molar-refractivity contribution < 1.29 is 0 Å². The SMILES string of the molecule is CCNCC(C)(CC)Cc1ccn(C2CCCC2)n1. The fourth-order valence-electron chi connectivity index (χ4n) is 3.02. The Labute approximate surface area is 117 Å². The third-order valence-corrected chi connectivity index (χ3v) is 4.63. The molecule has 0 amide bonds. The average Bonchev–Trinajstić information content (AvgIpc) is 3.06. The minimum atomic E-state index is 0.324. The van der Waals surface area contributed by atoms with Gasteiger partial charge in [-0.25, -0.2) is 0 Å². The summed E-state index contributed by atoms with van der Waals surface area (Å²) < 4.78 is 2.21. The highest BCUT2D eigenvalue weighted by atomic mass is 15.3. The average molecular weight is 263 g/mol. The third-order valence-electron chi connectivity index (χ3n) is 4.63. The lowest BCUT2D eigenvalue weighted by Crippen LogP contribution is -2.33. The molecule has 108 valence electrons. The molecule has 3 nitrogen and oxygen atoms in total. The van der Waals surface area contributed by atoms with Crippen molar-refractivity contribution in [1.29, 1.82) is 0 Å². The molecule has 1 unspecified atom stereocenters. The molecule has 1 aliphatic rings. The van der Waals surface area contributed by atoms with Crippen LogP contribution in [0.25, 0.3) is 0 Å². The third kappa shape index (κ3) is 3.82. The number of nitrogens with zero attached hydrogens (tertiary/aromatic N) is 2. The molecule has 1 saturated carbocycles. The van der Waals surface area contributed by atoms with E-state index in [0.717, 1.165) is 19.5 Å². The van der Waals surface area contributed by atoms with Gasteiger partial charge in [0, 0.05) is 12.7 Å². The largest absolute Gasteiger partial charge is 0.316 e. The lowest BCUT2D eigenvalue weighted by atomic mass is 9.82. The molecule has 1 aromatic heterocycles. The monoisotopic (exact) mass is 263 g/mol. The highest BCUT2D eigenvalue weighted by Gasteiger charge is 2.24. The molecule has 1 atom stereocenters. The van der Waals surface area contributed by atoms with Crippen molar-refractivity contribution in [3.63, 3.8) is 0 Å². The molecule has 0 spiro atoms. The first-order chi connectivity index (χ1) is 9.17. The van der Waals surface area contributed by atoms with E-state index in [2.05, 4.69) is 43.0 Å². The van der Waals surface area contributed by atoms with Crippen LogP contribution < -0.4 is 5.32 Å². The molecule has 1 aliphatic carbocycles. The number of hydrogen-bond donors (Lipinski definition) is 1. The Kier molecular flexibility index (Phi) is 5.03. The summed E-state index contributed by atoms with van der Waals surface area (Å²) in [5, 5.41) is 8.31. The Hall–Kier alpha value is -0.830. The predicted molar refractivity (Wildman–Crippen MR) is 80.4 cm³/mol. The number of rotatable bonds is 7. The summed E-state index contributed by atoms with van der Waals surface area (Å²) in [5.41, 5.74) is 1.58.